The molecule has 0 aliphatic carbocycles. The summed E-state index contributed by atoms with van der Waals surface area (Å²) in [5.41, 5.74) is 0. The van der Waals surface area contributed by atoms with Gasteiger partial charge in [-0.25, -0.2) is 13.1 Å². The minimum atomic E-state index is -3.58. The number of methoxy groups -OCH3 is 1. The lowest BCUT2D eigenvalue weighted by Crippen LogP contribution is -2.25. The molecular weight excluding hydrogens is 322 g/mol. The lowest BCUT2D eigenvalue weighted by atomic mass is 10.2. The molecule has 1 aromatic rings. The van der Waals surface area contributed by atoms with Gasteiger partial charge in [0.2, 0.25) is 10.0 Å². The van der Waals surface area contributed by atoms with Crippen LogP contribution in [-0.4, -0.2) is 41.3 Å². The Labute approximate surface area is 136 Å². The number of hydrogen-bond donors (Lipinski definition) is 1. The van der Waals surface area contributed by atoms with E-state index in [0.29, 0.717) is 50.5 Å². The highest BCUT2D eigenvalue weighted by Gasteiger charge is 2.18. The largest absolute Gasteiger partial charge is 0.486 e. The van der Waals surface area contributed by atoms with Crippen LogP contribution in [0.2, 0.25) is 0 Å². The summed E-state index contributed by atoms with van der Waals surface area (Å²) in [6, 6.07) is 4.56. The Balaban J connectivity index is 1.81. The molecular formula is C15H21NO6S. The average Bonchev–Trinajstić information content (AvgIpc) is 2.57. The van der Waals surface area contributed by atoms with E-state index in [-0.39, 0.29) is 10.9 Å². The molecule has 1 heterocycles. The van der Waals surface area contributed by atoms with Crippen molar-refractivity contribution in [3.8, 4) is 11.5 Å². The Morgan fingerprint density at radius 2 is 1.91 bits per heavy atom. The van der Waals surface area contributed by atoms with Gasteiger partial charge in [0, 0.05) is 19.0 Å². The second kappa shape index (κ2) is 8.16. The summed E-state index contributed by atoms with van der Waals surface area (Å²) in [4.78, 5) is 11.1. The summed E-state index contributed by atoms with van der Waals surface area (Å²) in [5, 5.41) is 0. The van der Waals surface area contributed by atoms with Crippen LogP contribution in [0.3, 0.4) is 0 Å². The van der Waals surface area contributed by atoms with E-state index in [0.717, 1.165) is 6.42 Å². The van der Waals surface area contributed by atoms with E-state index in [1.807, 2.05) is 0 Å². The van der Waals surface area contributed by atoms with Crippen molar-refractivity contribution < 1.29 is 27.4 Å². The van der Waals surface area contributed by atoms with Gasteiger partial charge in [0.05, 0.1) is 12.0 Å². The van der Waals surface area contributed by atoms with E-state index < -0.39 is 10.0 Å². The van der Waals surface area contributed by atoms with Crippen LogP contribution in [-0.2, 0) is 19.6 Å². The number of fused-ring (bicyclic) bond motifs is 1. The van der Waals surface area contributed by atoms with Crippen molar-refractivity contribution in [1.82, 2.24) is 4.72 Å². The molecule has 0 saturated heterocycles. The molecule has 1 aliphatic rings. The van der Waals surface area contributed by atoms with Gasteiger partial charge >= 0.3 is 5.97 Å². The summed E-state index contributed by atoms with van der Waals surface area (Å²) in [7, 11) is -2.23. The first kappa shape index (κ1) is 17.6. The van der Waals surface area contributed by atoms with E-state index in [9.17, 15) is 13.2 Å². The summed E-state index contributed by atoms with van der Waals surface area (Å²) in [6.45, 7) is 1.19. The molecule has 1 aliphatic heterocycles. The Bertz CT molecular complexity index is 643. The Morgan fingerprint density at radius 3 is 2.65 bits per heavy atom. The van der Waals surface area contributed by atoms with Crippen molar-refractivity contribution in [3.05, 3.63) is 18.2 Å². The third-order valence-electron chi connectivity index (χ3n) is 3.40. The van der Waals surface area contributed by atoms with Gasteiger partial charge in [-0.1, -0.05) is 6.42 Å². The molecule has 8 heteroatoms. The summed E-state index contributed by atoms with van der Waals surface area (Å²) < 4.78 is 42.3. The van der Waals surface area contributed by atoms with E-state index in [2.05, 4.69) is 9.46 Å². The van der Waals surface area contributed by atoms with E-state index in [1.54, 1.807) is 6.07 Å². The van der Waals surface area contributed by atoms with Crippen molar-refractivity contribution in [2.75, 3.05) is 26.9 Å². The first-order valence-electron chi connectivity index (χ1n) is 7.49. The predicted octanol–water partition coefficient (Wildman–Crippen LogP) is 1.47. The molecule has 128 valence electrons. The smallest absolute Gasteiger partial charge is 0.305 e. The van der Waals surface area contributed by atoms with Crippen LogP contribution < -0.4 is 14.2 Å². The maximum atomic E-state index is 12.2. The fraction of sp³-hybridized carbons (Fsp3) is 0.533. The Morgan fingerprint density at radius 1 is 1.17 bits per heavy atom. The minimum absolute atomic E-state index is 0.149. The van der Waals surface area contributed by atoms with Gasteiger partial charge in [-0.3, -0.25) is 4.79 Å². The second-order valence-corrected chi connectivity index (χ2v) is 6.86. The van der Waals surface area contributed by atoms with E-state index >= 15 is 0 Å². The molecule has 23 heavy (non-hydrogen) atoms. The number of carbonyl (C=O) groups is 1. The van der Waals surface area contributed by atoms with Gasteiger partial charge in [0.25, 0.3) is 0 Å². The van der Waals surface area contributed by atoms with Crippen LogP contribution in [0.4, 0.5) is 0 Å². The molecule has 1 N–H and O–H groups in total. The SMILES string of the molecule is COC(=O)CCCCCNS(=O)(=O)c1ccc2c(c1)OCCO2. The topological polar surface area (TPSA) is 90.9 Å². The number of rotatable bonds is 8. The predicted molar refractivity (Wildman–Crippen MR) is 83.1 cm³/mol. The maximum absolute atomic E-state index is 12.2. The van der Waals surface area contributed by atoms with Crippen LogP contribution >= 0.6 is 0 Å². The monoisotopic (exact) mass is 343 g/mol. The highest BCUT2D eigenvalue weighted by molar-refractivity contribution is 7.89. The normalized spacial score (nSPS) is 13.6. The van der Waals surface area contributed by atoms with Crippen molar-refractivity contribution in [2.24, 2.45) is 0 Å². The van der Waals surface area contributed by atoms with Gasteiger partial charge in [0.1, 0.15) is 13.2 Å². The Hall–Kier alpha value is -1.80. The first-order valence-corrected chi connectivity index (χ1v) is 8.97. The van der Waals surface area contributed by atoms with Crippen LogP contribution in [0.15, 0.2) is 23.1 Å². The second-order valence-electron chi connectivity index (χ2n) is 5.09. The Kier molecular flexibility index (Phi) is 6.23. The molecule has 0 fully saturated rings. The highest BCUT2D eigenvalue weighted by atomic mass is 32.2. The van der Waals surface area contributed by atoms with Crippen LogP contribution in [0.25, 0.3) is 0 Å². The molecule has 0 bridgehead atoms. The standard InChI is InChI=1S/C15H21NO6S/c1-20-15(17)5-3-2-4-8-16-23(18,19)12-6-7-13-14(11-12)22-10-9-21-13/h6-7,11,16H,2-5,8-10H2,1H3. The third kappa shape index (κ3) is 5.11. The van der Waals surface area contributed by atoms with E-state index in [1.165, 1.54) is 19.2 Å². The fourth-order valence-electron chi connectivity index (χ4n) is 2.15. The molecule has 1 aromatic carbocycles. The van der Waals surface area contributed by atoms with Crippen molar-refractivity contribution >= 4 is 16.0 Å². The summed E-state index contributed by atoms with van der Waals surface area (Å²) in [6.07, 6.45) is 2.43. The lowest BCUT2D eigenvalue weighted by Gasteiger charge is -2.18. The van der Waals surface area contributed by atoms with Crippen molar-refractivity contribution in [2.45, 2.75) is 30.6 Å². The van der Waals surface area contributed by atoms with Gasteiger partial charge in [0.15, 0.2) is 11.5 Å². The van der Waals surface area contributed by atoms with Crippen LogP contribution in [0.5, 0.6) is 11.5 Å². The van der Waals surface area contributed by atoms with Crippen LogP contribution in [0.1, 0.15) is 25.7 Å². The number of esters is 1. The number of sulfonamides is 1. The lowest BCUT2D eigenvalue weighted by molar-refractivity contribution is -0.140. The molecule has 0 atom stereocenters. The number of ether oxygens (including phenoxy) is 3. The fourth-order valence-corrected chi connectivity index (χ4v) is 3.24. The van der Waals surface area contributed by atoms with E-state index in [4.69, 9.17) is 9.47 Å². The molecule has 0 saturated carbocycles. The zero-order valence-electron chi connectivity index (χ0n) is 13.0. The van der Waals surface area contributed by atoms with Gasteiger partial charge in [-0.15, -0.1) is 0 Å². The summed E-state index contributed by atoms with van der Waals surface area (Å²) >= 11 is 0. The number of carbonyl (C=O) groups excluding carboxylic acids is 1. The average molecular weight is 343 g/mol. The number of hydrogen-bond acceptors (Lipinski definition) is 6. The molecule has 0 amide bonds. The zero-order chi connectivity index (χ0) is 16.7. The first-order chi connectivity index (χ1) is 11.0. The number of nitrogens with one attached hydrogen (secondary N) is 1. The molecule has 0 unspecified atom stereocenters. The molecule has 0 spiro atoms. The molecule has 0 radical (unpaired) electrons. The maximum Gasteiger partial charge on any atom is 0.305 e. The van der Waals surface area contributed by atoms with Gasteiger partial charge in [-0.2, -0.15) is 0 Å². The minimum Gasteiger partial charge on any atom is -0.486 e. The highest BCUT2D eigenvalue weighted by Crippen LogP contribution is 2.32. The molecule has 7 nitrogen and oxygen atoms in total. The summed E-state index contributed by atoms with van der Waals surface area (Å²) in [5.74, 6) is 0.747. The van der Waals surface area contributed by atoms with Gasteiger partial charge in [-0.05, 0) is 25.0 Å². The molecule has 0 aromatic heterocycles. The van der Waals surface area contributed by atoms with Crippen LogP contribution in [0, 0.1) is 0 Å². The van der Waals surface area contributed by atoms with Crippen molar-refractivity contribution in [3.63, 3.8) is 0 Å². The number of benzene rings is 1. The quantitative estimate of drug-likeness (QED) is 0.568. The number of unbranched alkanes of at least 4 members (excludes halogenated alkanes) is 2. The third-order valence-corrected chi connectivity index (χ3v) is 4.86. The van der Waals surface area contributed by atoms with Crippen molar-refractivity contribution in [1.29, 1.82) is 0 Å². The van der Waals surface area contributed by atoms with Gasteiger partial charge < -0.3 is 14.2 Å². The zero-order valence-corrected chi connectivity index (χ0v) is 13.9. The molecule has 2 rings (SSSR count).